The Morgan fingerprint density at radius 2 is 2.00 bits per heavy atom. The summed E-state index contributed by atoms with van der Waals surface area (Å²) in [5.41, 5.74) is 1.21. The highest BCUT2D eigenvalue weighted by molar-refractivity contribution is 9.10. The molecule has 2 nitrogen and oxygen atoms in total. The summed E-state index contributed by atoms with van der Waals surface area (Å²) in [5, 5.41) is 3.43. The van der Waals surface area contributed by atoms with Gasteiger partial charge in [0.15, 0.2) is 0 Å². The minimum Gasteiger partial charge on any atom is -0.345 e. The van der Waals surface area contributed by atoms with Gasteiger partial charge in [-0.1, -0.05) is 29.8 Å². The van der Waals surface area contributed by atoms with Gasteiger partial charge in [0, 0.05) is 9.50 Å². The molecule has 0 saturated heterocycles. The first-order chi connectivity index (χ1) is 9.49. The lowest BCUT2D eigenvalue weighted by atomic mass is 10.1. The third kappa shape index (κ3) is 3.38. The monoisotopic (exact) mass is 355 g/mol. The fourth-order valence-electron chi connectivity index (χ4n) is 1.85. The van der Waals surface area contributed by atoms with Gasteiger partial charge < -0.3 is 5.32 Å². The van der Waals surface area contributed by atoms with Crippen LogP contribution in [0.3, 0.4) is 0 Å². The van der Waals surface area contributed by atoms with Gasteiger partial charge in [-0.05, 0) is 52.7 Å². The highest BCUT2D eigenvalue weighted by atomic mass is 79.9. The van der Waals surface area contributed by atoms with Crippen molar-refractivity contribution in [2.45, 2.75) is 13.0 Å². The zero-order valence-corrected chi connectivity index (χ0v) is 13.0. The maximum Gasteiger partial charge on any atom is 0.252 e. The number of halogens is 3. The van der Waals surface area contributed by atoms with E-state index in [1.54, 1.807) is 6.07 Å². The summed E-state index contributed by atoms with van der Waals surface area (Å²) in [5.74, 6) is -0.683. The average molecular weight is 357 g/mol. The Morgan fingerprint density at radius 3 is 2.65 bits per heavy atom. The molecule has 104 valence electrons. The molecule has 0 fully saturated rings. The maximum absolute atomic E-state index is 13.0. The van der Waals surface area contributed by atoms with E-state index in [2.05, 4.69) is 21.2 Å². The predicted molar refractivity (Wildman–Crippen MR) is 81.4 cm³/mol. The first-order valence-electron chi connectivity index (χ1n) is 5.99. The molecule has 0 aliphatic heterocycles. The van der Waals surface area contributed by atoms with E-state index in [0.29, 0.717) is 15.1 Å². The zero-order chi connectivity index (χ0) is 14.7. The molecular formula is C15H12BrClFNO. The molecule has 0 aliphatic rings. The molecule has 2 aromatic rings. The SMILES string of the molecule is CC(NC(=O)c1ccc(F)cc1Br)c1ccccc1Cl. The van der Waals surface area contributed by atoms with E-state index in [-0.39, 0.29) is 11.9 Å². The lowest BCUT2D eigenvalue weighted by Gasteiger charge is -2.16. The number of nitrogens with one attached hydrogen (secondary N) is 1. The second-order valence-electron chi connectivity index (χ2n) is 4.34. The zero-order valence-electron chi connectivity index (χ0n) is 10.7. The Balaban J connectivity index is 2.17. The van der Waals surface area contributed by atoms with Crippen molar-refractivity contribution >= 4 is 33.4 Å². The van der Waals surface area contributed by atoms with Crippen LogP contribution in [0, 0.1) is 5.82 Å². The molecule has 0 saturated carbocycles. The molecule has 1 N–H and O–H groups in total. The number of hydrogen-bond acceptors (Lipinski definition) is 1. The lowest BCUT2D eigenvalue weighted by molar-refractivity contribution is 0.0939. The number of rotatable bonds is 3. The quantitative estimate of drug-likeness (QED) is 0.846. The molecule has 1 unspecified atom stereocenters. The summed E-state index contributed by atoms with van der Waals surface area (Å²) >= 11 is 9.27. The summed E-state index contributed by atoms with van der Waals surface area (Å²) in [6.07, 6.45) is 0. The van der Waals surface area contributed by atoms with Crippen molar-refractivity contribution in [3.8, 4) is 0 Å². The molecule has 0 aliphatic carbocycles. The Bertz CT molecular complexity index is 648. The normalized spacial score (nSPS) is 12.0. The predicted octanol–water partition coefficient (Wildman–Crippen LogP) is 4.73. The number of benzene rings is 2. The van der Waals surface area contributed by atoms with Gasteiger partial charge in [0.05, 0.1) is 11.6 Å². The average Bonchev–Trinajstić information content (AvgIpc) is 2.38. The number of hydrogen-bond donors (Lipinski definition) is 1. The molecule has 5 heteroatoms. The summed E-state index contributed by atoms with van der Waals surface area (Å²) in [6, 6.07) is 11.0. The molecule has 2 rings (SSSR count). The summed E-state index contributed by atoms with van der Waals surface area (Å²) in [7, 11) is 0. The Kier molecular flexibility index (Phi) is 4.78. The molecule has 0 bridgehead atoms. The van der Waals surface area contributed by atoms with Crippen molar-refractivity contribution in [3.05, 3.63) is 68.9 Å². The minimum atomic E-state index is -0.396. The van der Waals surface area contributed by atoms with Gasteiger partial charge in [0.2, 0.25) is 0 Å². The maximum atomic E-state index is 13.0. The first kappa shape index (κ1) is 15.0. The smallest absolute Gasteiger partial charge is 0.252 e. The third-order valence-electron chi connectivity index (χ3n) is 2.90. The van der Waals surface area contributed by atoms with Crippen LogP contribution in [0.5, 0.6) is 0 Å². The molecule has 1 amide bonds. The number of carbonyl (C=O) groups is 1. The highest BCUT2D eigenvalue weighted by Crippen LogP contribution is 2.23. The van der Waals surface area contributed by atoms with Gasteiger partial charge >= 0.3 is 0 Å². The van der Waals surface area contributed by atoms with Crippen LogP contribution in [0.4, 0.5) is 4.39 Å². The van der Waals surface area contributed by atoms with Crippen LogP contribution in [-0.2, 0) is 0 Å². The van der Waals surface area contributed by atoms with Crippen molar-refractivity contribution in [1.29, 1.82) is 0 Å². The fourth-order valence-corrected chi connectivity index (χ4v) is 2.68. The standard InChI is InChI=1S/C15H12BrClFNO/c1-9(11-4-2-3-5-14(11)17)19-15(20)12-7-6-10(18)8-13(12)16/h2-9H,1H3,(H,19,20). The second-order valence-corrected chi connectivity index (χ2v) is 5.60. The van der Waals surface area contributed by atoms with Crippen LogP contribution < -0.4 is 5.32 Å². The van der Waals surface area contributed by atoms with E-state index < -0.39 is 5.82 Å². The molecule has 20 heavy (non-hydrogen) atoms. The molecule has 1 atom stereocenters. The third-order valence-corrected chi connectivity index (χ3v) is 3.90. The topological polar surface area (TPSA) is 29.1 Å². The summed E-state index contributed by atoms with van der Waals surface area (Å²) < 4.78 is 13.4. The van der Waals surface area contributed by atoms with E-state index in [1.807, 2.05) is 25.1 Å². The summed E-state index contributed by atoms with van der Waals surface area (Å²) in [4.78, 5) is 12.2. The van der Waals surface area contributed by atoms with Crippen LogP contribution in [-0.4, -0.2) is 5.91 Å². The second kappa shape index (κ2) is 6.37. The van der Waals surface area contributed by atoms with Crippen LogP contribution >= 0.6 is 27.5 Å². The van der Waals surface area contributed by atoms with E-state index in [1.165, 1.54) is 18.2 Å². The Morgan fingerprint density at radius 1 is 1.30 bits per heavy atom. The molecule has 0 radical (unpaired) electrons. The fraction of sp³-hybridized carbons (Fsp3) is 0.133. The molecule has 0 spiro atoms. The van der Waals surface area contributed by atoms with Crippen molar-refractivity contribution in [2.75, 3.05) is 0 Å². The molecular weight excluding hydrogens is 345 g/mol. The van der Waals surface area contributed by atoms with Crippen LogP contribution in [0.2, 0.25) is 5.02 Å². The van der Waals surface area contributed by atoms with Gasteiger partial charge in [0.25, 0.3) is 5.91 Å². The largest absolute Gasteiger partial charge is 0.345 e. The van der Waals surface area contributed by atoms with E-state index >= 15 is 0 Å². The van der Waals surface area contributed by atoms with Crippen LogP contribution in [0.1, 0.15) is 28.9 Å². The van der Waals surface area contributed by atoms with Gasteiger partial charge in [-0.3, -0.25) is 4.79 Å². The van der Waals surface area contributed by atoms with E-state index in [4.69, 9.17) is 11.6 Å². The Labute approximate surface area is 130 Å². The lowest BCUT2D eigenvalue weighted by Crippen LogP contribution is -2.27. The van der Waals surface area contributed by atoms with Crippen molar-refractivity contribution in [1.82, 2.24) is 5.32 Å². The summed E-state index contributed by atoms with van der Waals surface area (Å²) in [6.45, 7) is 1.84. The van der Waals surface area contributed by atoms with E-state index in [0.717, 1.165) is 5.56 Å². The van der Waals surface area contributed by atoms with Gasteiger partial charge in [-0.15, -0.1) is 0 Å². The van der Waals surface area contributed by atoms with Crippen molar-refractivity contribution in [2.24, 2.45) is 0 Å². The van der Waals surface area contributed by atoms with Crippen LogP contribution in [0.25, 0.3) is 0 Å². The first-order valence-corrected chi connectivity index (χ1v) is 7.16. The number of carbonyl (C=O) groups excluding carboxylic acids is 1. The molecule has 0 aromatic heterocycles. The van der Waals surface area contributed by atoms with Gasteiger partial charge in [-0.2, -0.15) is 0 Å². The van der Waals surface area contributed by atoms with Crippen LogP contribution in [0.15, 0.2) is 46.9 Å². The molecule has 2 aromatic carbocycles. The molecule has 0 heterocycles. The van der Waals surface area contributed by atoms with Gasteiger partial charge in [-0.25, -0.2) is 4.39 Å². The van der Waals surface area contributed by atoms with E-state index in [9.17, 15) is 9.18 Å². The Hall–Kier alpha value is -1.39. The highest BCUT2D eigenvalue weighted by Gasteiger charge is 2.15. The van der Waals surface area contributed by atoms with Crippen molar-refractivity contribution < 1.29 is 9.18 Å². The van der Waals surface area contributed by atoms with Gasteiger partial charge in [0.1, 0.15) is 5.82 Å². The van der Waals surface area contributed by atoms with Crippen molar-refractivity contribution in [3.63, 3.8) is 0 Å². The minimum absolute atomic E-state index is 0.242. The number of amides is 1.